The van der Waals surface area contributed by atoms with Crippen molar-refractivity contribution < 1.29 is 13.2 Å². The third-order valence-corrected chi connectivity index (χ3v) is 6.64. The average molecular weight is 372 g/mol. The lowest BCUT2D eigenvalue weighted by atomic mass is 10.0. The number of sulfonamides is 1. The Hall–Kier alpha value is -2.18. The van der Waals surface area contributed by atoms with E-state index < -0.39 is 10.0 Å². The van der Waals surface area contributed by atoms with Gasteiger partial charge in [0.05, 0.1) is 17.5 Å². The van der Waals surface area contributed by atoms with Crippen molar-refractivity contribution in [3.8, 4) is 0 Å². The number of hydrogen-bond donors (Lipinski definition) is 1. The molecule has 0 bridgehead atoms. The minimum atomic E-state index is -3.67. The lowest BCUT2D eigenvalue weighted by molar-refractivity contribution is -0.121. The summed E-state index contributed by atoms with van der Waals surface area (Å²) in [6.45, 7) is 1.70. The van der Waals surface area contributed by atoms with Crippen LogP contribution in [0.1, 0.15) is 36.1 Å². The number of rotatable bonds is 6. The van der Waals surface area contributed by atoms with Crippen molar-refractivity contribution in [2.24, 2.45) is 0 Å². The quantitative estimate of drug-likeness (QED) is 0.848. The maximum absolute atomic E-state index is 12.5. The monoisotopic (exact) mass is 372 g/mol. The maximum atomic E-state index is 12.5. The van der Waals surface area contributed by atoms with Gasteiger partial charge in [0.2, 0.25) is 15.9 Å². The van der Waals surface area contributed by atoms with E-state index in [1.165, 1.54) is 36.7 Å². The van der Waals surface area contributed by atoms with Crippen molar-refractivity contribution in [1.82, 2.24) is 9.62 Å². The van der Waals surface area contributed by atoms with Crippen molar-refractivity contribution in [3.05, 3.63) is 65.2 Å². The van der Waals surface area contributed by atoms with Gasteiger partial charge in [-0.15, -0.1) is 0 Å². The molecule has 1 aliphatic rings. The van der Waals surface area contributed by atoms with Gasteiger partial charge in [-0.3, -0.25) is 4.79 Å². The van der Waals surface area contributed by atoms with E-state index >= 15 is 0 Å². The Balaban J connectivity index is 1.63. The molecule has 26 heavy (non-hydrogen) atoms. The molecule has 1 aliphatic carbocycles. The van der Waals surface area contributed by atoms with Gasteiger partial charge in [-0.2, -0.15) is 4.31 Å². The molecule has 0 radical (unpaired) electrons. The molecular weight excluding hydrogens is 348 g/mol. The molecule has 0 aliphatic heterocycles. The summed E-state index contributed by atoms with van der Waals surface area (Å²) < 4.78 is 26.1. The Morgan fingerprint density at radius 2 is 1.81 bits per heavy atom. The van der Waals surface area contributed by atoms with E-state index in [4.69, 9.17) is 0 Å². The molecule has 0 saturated carbocycles. The van der Waals surface area contributed by atoms with Gasteiger partial charge in [-0.05, 0) is 55.0 Å². The standard InChI is InChI=1S/C20H24N2O3S/c1-15(17-12-11-16-7-6-8-18(16)13-17)21-20(23)14-22(2)26(24,25)19-9-4-3-5-10-19/h3-5,9-13,15H,6-8,14H2,1-2H3,(H,21,23). The molecule has 5 nitrogen and oxygen atoms in total. The Kier molecular flexibility index (Phi) is 5.44. The zero-order chi connectivity index (χ0) is 18.7. The van der Waals surface area contributed by atoms with Crippen LogP contribution in [0.25, 0.3) is 0 Å². The molecule has 1 amide bonds. The molecule has 1 N–H and O–H groups in total. The van der Waals surface area contributed by atoms with E-state index in [0.29, 0.717) is 0 Å². The summed E-state index contributed by atoms with van der Waals surface area (Å²) in [5.41, 5.74) is 3.79. The molecule has 1 unspecified atom stereocenters. The smallest absolute Gasteiger partial charge is 0.243 e. The van der Waals surface area contributed by atoms with Gasteiger partial charge in [0.15, 0.2) is 0 Å². The van der Waals surface area contributed by atoms with E-state index in [1.807, 2.05) is 13.0 Å². The van der Waals surface area contributed by atoms with Crippen LogP contribution in [-0.4, -0.2) is 32.2 Å². The molecule has 3 rings (SSSR count). The highest BCUT2D eigenvalue weighted by Crippen LogP contribution is 2.25. The number of nitrogens with one attached hydrogen (secondary N) is 1. The number of amides is 1. The van der Waals surface area contributed by atoms with Gasteiger partial charge in [0.25, 0.3) is 0 Å². The first-order chi connectivity index (χ1) is 12.4. The van der Waals surface area contributed by atoms with Crippen LogP contribution in [0.2, 0.25) is 0 Å². The van der Waals surface area contributed by atoms with Crippen molar-refractivity contribution in [2.75, 3.05) is 13.6 Å². The van der Waals surface area contributed by atoms with Gasteiger partial charge in [-0.25, -0.2) is 8.42 Å². The molecular formula is C20H24N2O3S. The van der Waals surface area contributed by atoms with Crippen molar-refractivity contribution in [2.45, 2.75) is 37.1 Å². The summed E-state index contributed by atoms with van der Waals surface area (Å²) in [7, 11) is -2.25. The molecule has 2 aromatic carbocycles. The van der Waals surface area contributed by atoms with Crippen LogP contribution < -0.4 is 5.32 Å². The summed E-state index contributed by atoms with van der Waals surface area (Å²) in [5, 5.41) is 2.90. The van der Waals surface area contributed by atoms with Gasteiger partial charge >= 0.3 is 0 Å². The predicted octanol–water partition coefficient (Wildman–Crippen LogP) is 2.67. The van der Waals surface area contributed by atoms with E-state index in [0.717, 1.165) is 22.7 Å². The molecule has 0 aromatic heterocycles. The number of aryl methyl sites for hydroxylation is 2. The SMILES string of the molecule is CC(NC(=O)CN(C)S(=O)(=O)c1ccccc1)c1ccc2c(c1)CCC2. The lowest BCUT2D eigenvalue weighted by Gasteiger charge is -2.20. The van der Waals surface area contributed by atoms with Gasteiger partial charge in [-0.1, -0.05) is 36.4 Å². The number of carbonyl (C=O) groups is 1. The highest BCUT2D eigenvalue weighted by molar-refractivity contribution is 7.89. The lowest BCUT2D eigenvalue weighted by Crippen LogP contribution is -2.39. The zero-order valence-electron chi connectivity index (χ0n) is 15.1. The van der Waals surface area contributed by atoms with Crippen molar-refractivity contribution >= 4 is 15.9 Å². The normalized spacial score (nSPS) is 14.9. The number of benzene rings is 2. The second kappa shape index (κ2) is 7.60. The van der Waals surface area contributed by atoms with Crippen LogP contribution in [-0.2, 0) is 27.7 Å². The second-order valence-electron chi connectivity index (χ2n) is 6.75. The summed E-state index contributed by atoms with van der Waals surface area (Å²) in [4.78, 5) is 12.5. The Bertz CT molecular complexity index is 895. The maximum Gasteiger partial charge on any atom is 0.243 e. The van der Waals surface area contributed by atoms with Gasteiger partial charge < -0.3 is 5.32 Å². The molecule has 1 atom stereocenters. The van der Waals surface area contributed by atoms with E-state index in [1.54, 1.807) is 18.2 Å². The highest BCUT2D eigenvalue weighted by Gasteiger charge is 2.23. The van der Waals surface area contributed by atoms with Crippen LogP contribution in [0, 0.1) is 0 Å². The number of fused-ring (bicyclic) bond motifs is 1. The molecule has 2 aromatic rings. The first-order valence-corrected chi connectivity index (χ1v) is 10.2. The molecule has 0 saturated heterocycles. The minimum Gasteiger partial charge on any atom is -0.348 e. The number of nitrogens with zero attached hydrogens (tertiary/aromatic N) is 1. The first kappa shape index (κ1) is 18.6. The topological polar surface area (TPSA) is 66.5 Å². The predicted molar refractivity (Wildman–Crippen MR) is 101 cm³/mol. The Morgan fingerprint density at radius 1 is 1.12 bits per heavy atom. The third-order valence-electron chi connectivity index (χ3n) is 4.82. The second-order valence-corrected chi connectivity index (χ2v) is 8.79. The van der Waals surface area contributed by atoms with Gasteiger partial charge in [0.1, 0.15) is 0 Å². The molecule has 138 valence electrons. The third kappa shape index (κ3) is 3.97. The zero-order valence-corrected chi connectivity index (χ0v) is 15.9. The molecule has 0 heterocycles. The van der Waals surface area contributed by atoms with Crippen LogP contribution >= 0.6 is 0 Å². The Morgan fingerprint density at radius 3 is 2.54 bits per heavy atom. The van der Waals surface area contributed by atoms with Crippen LogP contribution in [0.4, 0.5) is 0 Å². The fourth-order valence-corrected chi connectivity index (χ4v) is 4.44. The van der Waals surface area contributed by atoms with Crippen LogP contribution in [0.3, 0.4) is 0 Å². The van der Waals surface area contributed by atoms with Crippen LogP contribution in [0.15, 0.2) is 53.4 Å². The van der Waals surface area contributed by atoms with E-state index in [-0.39, 0.29) is 23.4 Å². The summed E-state index contributed by atoms with van der Waals surface area (Å²) in [6.07, 6.45) is 3.39. The number of hydrogen-bond acceptors (Lipinski definition) is 3. The fourth-order valence-electron chi connectivity index (χ4n) is 3.29. The summed E-state index contributed by atoms with van der Waals surface area (Å²) in [6, 6.07) is 14.3. The summed E-state index contributed by atoms with van der Waals surface area (Å²) in [5.74, 6) is -0.319. The van der Waals surface area contributed by atoms with Crippen molar-refractivity contribution in [1.29, 1.82) is 0 Å². The van der Waals surface area contributed by atoms with E-state index in [2.05, 4.69) is 17.4 Å². The average Bonchev–Trinajstić information content (AvgIpc) is 3.09. The fraction of sp³-hybridized carbons (Fsp3) is 0.350. The molecule has 6 heteroatoms. The minimum absolute atomic E-state index is 0.166. The largest absolute Gasteiger partial charge is 0.348 e. The van der Waals surface area contributed by atoms with E-state index in [9.17, 15) is 13.2 Å². The summed E-state index contributed by atoms with van der Waals surface area (Å²) >= 11 is 0. The van der Waals surface area contributed by atoms with Crippen LogP contribution in [0.5, 0.6) is 0 Å². The first-order valence-electron chi connectivity index (χ1n) is 8.80. The Labute approximate surface area is 155 Å². The number of carbonyl (C=O) groups excluding carboxylic acids is 1. The van der Waals surface area contributed by atoms with Gasteiger partial charge in [0, 0.05) is 7.05 Å². The van der Waals surface area contributed by atoms with Crippen molar-refractivity contribution in [3.63, 3.8) is 0 Å². The molecule has 0 spiro atoms. The highest BCUT2D eigenvalue weighted by atomic mass is 32.2. The number of likely N-dealkylation sites (N-methyl/N-ethyl adjacent to an activating group) is 1. The molecule has 0 fully saturated rings.